The number of nitrogens with zero attached hydrogens (tertiary/aromatic N) is 1. The summed E-state index contributed by atoms with van der Waals surface area (Å²) in [5.74, 6) is 0.691. The molecule has 1 unspecified atom stereocenters. The Labute approximate surface area is 140 Å². The number of anilines is 1. The van der Waals surface area contributed by atoms with Gasteiger partial charge in [0.15, 0.2) is 0 Å². The Hall–Kier alpha value is -1.09. The molecule has 21 heavy (non-hydrogen) atoms. The first-order chi connectivity index (χ1) is 9.95. The molecular formula is C16H16Cl3NO. The molecule has 0 aliphatic heterocycles. The van der Waals surface area contributed by atoms with Gasteiger partial charge in [0.25, 0.3) is 0 Å². The predicted octanol–water partition coefficient (Wildman–Crippen LogP) is 5.24. The third kappa shape index (κ3) is 3.76. The number of hydrogen-bond acceptors (Lipinski definition) is 2. The van der Waals surface area contributed by atoms with E-state index in [0.29, 0.717) is 5.75 Å². The molecule has 0 spiro atoms. The van der Waals surface area contributed by atoms with E-state index < -0.39 is 9.83 Å². The first-order valence-corrected chi connectivity index (χ1v) is 7.56. The van der Waals surface area contributed by atoms with Gasteiger partial charge in [-0.2, -0.15) is 0 Å². The Balaban J connectivity index is 2.49. The van der Waals surface area contributed by atoms with E-state index >= 15 is 0 Å². The van der Waals surface area contributed by atoms with Crippen molar-refractivity contribution in [2.75, 3.05) is 19.1 Å². The summed E-state index contributed by atoms with van der Waals surface area (Å²) in [5, 5.41) is 0. The van der Waals surface area contributed by atoms with Gasteiger partial charge in [-0.3, -0.25) is 0 Å². The van der Waals surface area contributed by atoms with E-state index in [-0.39, 0.29) is 0 Å². The summed E-state index contributed by atoms with van der Waals surface area (Å²) >= 11 is 18.7. The highest BCUT2D eigenvalue weighted by atomic mass is 35.6. The lowest BCUT2D eigenvalue weighted by Crippen LogP contribution is -2.34. The zero-order valence-electron chi connectivity index (χ0n) is 11.8. The fraction of sp³-hybridized carbons (Fsp3) is 0.250. The number of hydrogen-bond donors (Lipinski definition) is 0. The topological polar surface area (TPSA) is 12.5 Å². The summed E-state index contributed by atoms with van der Waals surface area (Å²) in [5.41, 5.74) is 1.78. The van der Waals surface area contributed by atoms with Crippen LogP contribution in [0.2, 0.25) is 0 Å². The highest BCUT2D eigenvalue weighted by Crippen LogP contribution is 2.47. The van der Waals surface area contributed by atoms with Gasteiger partial charge in [-0.15, -0.1) is 0 Å². The molecule has 0 bridgehead atoms. The van der Waals surface area contributed by atoms with Gasteiger partial charge in [0.1, 0.15) is 11.8 Å². The van der Waals surface area contributed by atoms with Crippen LogP contribution in [0.1, 0.15) is 11.6 Å². The molecule has 0 amide bonds. The predicted molar refractivity (Wildman–Crippen MR) is 90.9 cm³/mol. The summed E-state index contributed by atoms with van der Waals surface area (Å²) < 4.78 is 3.90. The maximum atomic E-state index is 6.24. The van der Waals surface area contributed by atoms with E-state index in [0.717, 1.165) is 11.3 Å². The van der Waals surface area contributed by atoms with Crippen molar-refractivity contribution in [3.05, 3.63) is 60.2 Å². The minimum Gasteiger partial charge on any atom is -0.496 e. The van der Waals surface area contributed by atoms with Crippen molar-refractivity contribution in [3.63, 3.8) is 0 Å². The van der Waals surface area contributed by atoms with Crippen LogP contribution in [-0.4, -0.2) is 18.0 Å². The van der Waals surface area contributed by atoms with E-state index in [1.807, 2.05) is 66.5 Å². The number of alkyl halides is 3. The van der Waals surface area contributed by atoms with Gasteiger partial charge in [0, 0.05) is 18.3 Å². The molecule has 2 nitrogen and oxygen atoms in total. The van der Waals surface area contributed by atoms with Gasteiger partial charge >= 0.3 is 0 Å². The molecule has 0 saturated carbocycles. The SMILES string of the molecule is COc1ccccc1C(N(C)c1ccccc1)C(Cl)(Cl)Cl. The van der Waals surface area contributed by atoms with Crippen molar-refractivity contribution < 1.29 is 4.74 Å². The van der Waals surface area contributed by atoms with Crippen LogP contribution in [0, 0.1) is 0 Å². The van der Waals surface area contributed by atoms with Crippen molar-refractivity contribution >= 4 is 40.5 Å². The van der Waals surface area contributed by atoms with Gasteiger partial charge in [-0.25, -0.2) is 0 Å². The van der Waals surface area contributed by atoms with E-state index in [4.69, 9.17) is 39.5 Å². The van der Waals surface area contributed by atoms with Crippen LogP contribution >= 0.6 is 34.8 Å². The van der Waals surface area contributed by atoms with E-state index in [9.17, 15) is 0 Å². The molecular weight excluding hydrogens is 329 g/mol. The minimum absolute atomic E-state index is 0.471. The first kappa shape index (κ1) is 16.3. The van der Waals surface area contributed by atoms with Gasteiger partial charge in [0.05, 0.1) is 7.11 Å². The maximum absolute atomic E-state index is 6.24. The van der Waals surface area contributed by atoms with E-state index in [1.54, 1.807) is 7.11 Å². The fourth-order valence-corrected chi connectivity index (χ4v) is 3.10. The summed E-state index contributed by atoms with van der Waals surface area (Å²) in [6, 6.07) is 16.9. The van der Waals surface area contributed by atoms with Crippen LogP contribution in [-0.2, 0) is 0 Å². The van der Waals surface area contributed by atoms with Crippen molar-refractivity contribution in [1.82, 2.24) is 0 Å². The molecule has 2 aromatic rings. The minimum atomic E-state index is -1.50. The lowest BCUT2D eigenvalue weighted by atomic mass is 10.0. The Morgan fingerprint density at radius 2 is 1.52 bits per heavy atom. The normalized spacial score (nSPS) is 12.8. The van der Waals surface area contributed by atoms with Crippen LogP contribution in [0.15, 0.2) is 54.6 Å². The monoisotopic (exact) mass is 343 g/mol. The van der Waals surface area contributed by atoms with Gasteiger partial charge < -0.3 is 9.64 Å². The number of halogens is 3. The van der Waals surface area contributed by atoms with E-state index in [2.05, 4.69) is 0 Å². The molecule has 1 atom stereocenters. The highest BCUT2D eigenvalue weighted by molar-refractivity contribution is 6.68. The summed E-state index contributed by atoms with van der Waals surface area (Å²) in [6.45, 7) is 0. The van der Waals surface area contributed by atoms with Crippen LogP contribution < -0.4 is 9.64 Å². The molecule has 0 radical (unpaired) electrons. The third-order valence-electron chi connectivity index (χ3n) is 3.29. The van der Waals surface area contributed by atoms with Crippen molar-refractivity contribution in [1.29, 1.82) is 0 Å². The van der Waals surface area contributed by atoms with Gasteiger partial charge in [-0.1, -0.05) is 71.2 Å². The molecule has 0 N–H and O–H groups in total. The van der Waals surface area contributed by atoms with Crippen LogP contribution in [0.25, 0.3) is 0 Å². The zero-order valence-corrected chi connectivity index (χ0v) is 14.0. The third-order valence-corrected chi connectivity index (χ3v) is 3.91. The summed E-state index contributed by atoms with van der Waals surface area (Å²) in [7, 11) is 3.51. The molecule has 112 valence electrons. The average Bonchev–Trinajstić information content (AvgIpc) is 2.47. The lowest BCUT2D eigenvalue weighted by molar-refractivity contribution is 0.405. The molecule has 0 aliphatic rings. The molecule has 0 heterocycles. The van der Waals surface area contributed by atoms with Crippen LogP contribution in [0.3, 0.4) is 0 Å². The molecule has 2 aromatic carbocycles. The Bertz CT molecular complexity index is 584. The van der Waals surface area contributed by atoms with Gasteiger partial charge in [-0.05, 0) is 18.2 Å². The van der Waals surface area contributed by atoms with Crippen molar-refractivity contribution in [2.45, 2.75) is 9.83 Å². The molecule has 0 fully saturated rings. The second-order valence-corrected chi connectivity index (χ2v) is 7.00. The number of rotatable bonds is 4. The quantitative estimate of drug-likeness (QED) is 0.703. The van der Waals surface area contributed by atoms with Gasteiger partial charge in [0.2, 0.25) is 3.79 Å². The Morgan fingerprint density at radius 3 is 2.10 bits per heavy atom. The largest absolute Gasteiger partial charge is 0.496 e. The number of methoxy groups -OCH3 is 1. The average molecular weight is 345 g/mol. The van der Waals surface area contributed by atoms with Crippen molar-refractivity contribution in [3.8, 4) is 5.75 Å². The summed E-state index contributed by atoms with van der Waals surface area (Å²) in [6.07, 6.45) is 0. The number of para-hydroxylation sites is 2. The number of benzene rings is 2. The lowest BCUT2D eigenvalue weighted by Gasteiger charge is -2.35. The van der Waals surface area contributed by atoms with Crippen LogP contribution in [0.4, 0.5) is 5.69 Å². The number of ether oxygens (including phenoxy) is 1. The smallest absolute Gasteiger partial charge is 0.214 e. The molecule has 0 saturated heterocycles. The van der Waals surface area contributed by atoms with Crippen LogP contribution in [0.5, 0.6) is 5.75 Å². The standard InChI is InChI=1S/C16H16Cl3NO/c1-20(12-8-4-3-5-9-12)15(16(17,18)19)13-10-6-7-11-14(13)21-2/h3-11,15H,1-2H3. The molecule has 5 heteroatoms. The maximum Gasteiger partial charge on any atom is 0.214 e. The van der Waals surface area contributed by atoms with Crippen molar-refractivity contribution in [2.24, 2.45) is 0 Å². The summed E-state index contributed by atoms with van der Waals surface area (Å²) in [4.78, 5) is 1.94. The second-order valence-electron chi connectivity index (χ2n) is 4.63. The highest BCUT2D eigenvalue weighted by Gasteiger charge is 2.38. The zero-order chi connectivity index (χ0) is 15.5. The molecule has 2 rings (SSSR count). The molecule has 0 aromatic heterocycles. The first-order valence-electron chi connectivity index (χ1n) is 6.42. The fourth-order valence-electron chi connectivity index (χ4n) is 2.31. The second kappa shape index (κ2) is 6.78. The Morgan fingerprint density at radius 1 is 0.952 bits per heavy atom. The Kier molecular flexibility index (Phi) is 5.26. The molecule has 0 aliphatic carbocycles. The van der Waals surface area contributed by atoms with E-state index in [1.165, 1.54) is 0 Å².